The molecule has 0 amide bonds. The van der Waals surface area contributed by atoms with Gasteiger partial charge in [-0.2, -0.15) is 0 Å². The third-order valence-electron chi connectivity index (χ3n) is 1.86. The highest BCUT2D eigenvalue weighted by atomic mass is 35.5. The molecule has 1 atom stereocenters. The van der Waals surface area contributed by atoms with Gasteiger partial charge in [0.2, 0.25) is 10.0 Å². The van der Waals surface area contributed by atoms with Crippen LogP contribution >= 0.6 is 22.9 Å². The number of halogens is 1. The van der Waals surface area contributed by atoms with Crippen LogP contribution in [-0.2, 0) is 14.8 Å². The molecule has 1 aromatic heterocycles. The Morgan fingerprint density at radius 2 is 2.21 bits per heavy atom. The molecule has 0 saturated carbocycles. The van der Waals surface area contributed by atoms with E-state index in [9.17, 15) is 23.3 Å². The van der Waals surface area contributed by atoms with Crippen molar-refractivity contribution in [2.24, 2.45) is 0 Å². The van der Waals surface area contributed by atoms with Gasteiger partial charge in [-0.25, -0.2) is 17.9 Å². The zero-order valence-corrected chi connectivity index (χ0v) is 11.3. The van der Waals surface area contributed by atoms with Crippen molar-refractivity contribution in [2.75, 3.05) is 6.54 Å². The number of hydrogen-bond acceptors (Lipinski definition) is 7. The normalized spacial score (nSPS) is 13.2. The van der Waals surface area contributed by atoms with Gasteiger partial charge >= 0.3 is 5.97 Å². The minimum atomic E-state index is -4.17. The molecule has 0 bridgehead atoms. The van der Waals surface area contributed by atoms with E-state index in [1.54, 1.807) is 4.72 Å². The van der Waals surface area contributed by atoms with Crippen molar-refractivity contribution in [1.29, 1.82) is 0 Å². The lowest BCUT2D eigenvalue weighted by atomic mass is 10.4. The maximum absolute atomic E-state index is 11.7. The van der Waals surface area contributed by atoms with Crippen LogP contribution in [0, 0.1) is 10.1 Å². The quantitative estimate of drug-likeness (QED) is 0.492. The molecule has 1 aromatic rings. The number of carboxylic acids is 1. The molecule has 0 radical (unpaired) electrons. The van der Waals surface area contributed by atoms with E-state index in [0.717, 1.165) is 6.07 Å². The van der Waals surface area contributed by atoms with E-state index in [-0.39, 0.29) is 4.34 Å². The van der Waals surface area contributed by atoms with Crippen LogP contribution in [0.1, 0.15) is 0 Å². The number of nitrogens with zero attached hydrogens (tertiary/aromatic N) is 1. The van der Waals surface area contributed by atoms with Crippen LogP contribution in [0.5, 0.6) is 0 Å². The van der Waals surface area contributed by atoms with Crippen molar-refractivity contribution in [3.8, 4) is 0 Å². The van der Waals surface area contributed by atoms with Gasteiger partial charge in [0.1, 0.15) is 4.21 Å². The van der Waals surface area contributed by atoms with E-state index in [0.29, 0.717) is 11.3 Å². The predicted molar refractivity (Wildman–Crippen MR) is 64.8 cm³/mol. The lowest BCUT2D eigenvalue weighted by Crippen LogP contribution is -2.36. The number of aliphatic hydroxyl groups is 1. The molecular formula is C7H7ClN2O7S2. The molecule has 12 heteroatoms. The number of sulfonamides is 1. The number of nitrogens with one attached hydrogen (secondary N) is 1. The predicted octanol–water partition coefficient (Wildman–Crippen LogP) is 0.0335. The van der Waals surface area contributed by atoms with Crippen LogP contribution in [0.3, 0.4) is 0 Å². The molecular weight excluding hydrogens is 324 g/mol. The van der Waals surface area contributed by atoms with Gasteiger partial charge in [0.05, 0.1) is 4.92 Å². The highest BCUT2D eigenvalue weighted by Gasteiger charge is 2.26. The molecule has 0 fully saturated rings. The molecule has 0 aliphatic carbocycles. The van der Waals surface area contributed by atoms with Crippen LogP contribution in [0.2, 0.25) is 4.34 Å². The van der Waals surface area contributed by atoms with E-state index in [2.05, 4.69) is 0 Å². The van der Waals surface area contributed by atoms with Gasteiger partial charge in [0, 0.05) is 12.6 Å². The fourth-order valence-corrected chi connectivity index (χ4v) is 3.69. The van der Waals surface area contributed by atoms with Gasteiger partial charge in [0.15, 0.2) is 10.4 Å². The second kappa shape index (κ2) is 5.79. The highest BCUT2D eigenvalue weighted by molar-refractivity contribution is 7.91. The largest absolute Gasteiger partial charge is 0.479 e. The first kappa shape index (κ1) is 15.8. The Morgan fingerprint density at radius 3 is 2.63 bits per heavy atom. The first-order chi connectivity index (χ1) is 8.65. The van der Waals surface area contributed by atoms with E-state index in [1.165, 1.54) is 0 Å². The van der Waals surface area contributed by atoms with Crippen LogP contribution < -0.4 is 4.72 Å². The van der Waals surface area contributed by atoms with Crippen LogP contribution in [-0.4, -0.2) is 42.2 Å². The summed E-state index contributed by atoms with van der Waals surface area (Å²) < 4.78 is 24.4. The summed E-state index contributed by atoms with van der Waals surface area (Å²) in [6.45, 7) is -0.763. The van der Waals surface area contributed by atoms with Crippen molar-refractivity contribution in [3.05, 3.63) is 20.5 Å². The summed E-state index contributed by atoms with van der Waals surface area (Å²) in [5.41, 5.74) is -0.564. The monoisotopic (exact) mass is 330 g/mol. The number of hydrogen-bond donors (Lipinski definition) is 3. The lowest BCUT2D eigenvalue weighted by Gasteiger charge is -2.06. The Labute approximate surface area is 115 Å². The number of thiophene rings is 1. The van der Waals surface area contributed by atoms with E-state index < -0.39 is 43.5 Å². The maximum Gasteiger partial charge on any atom is 0.333 e. The van der Waals surface area contributed by atoms with Crippen molar-refractivity contribution in [2.45, 2.75) is 10.3 Å². The van der Waals surface area contributed by atoms with Crippen LogP contribution in [0.25, 0.3) is 0 Å². The summed E-state index contributed by atoms with van der Waals surface area (Å²) in [6, 6.07) is 0.752. The van der Waals surface area contributed by atoms with E-state index in [1.807, 2.05) is 0 Å². The number of aliphatic carboxylic acids is 1. The molecule has 1 heterocycles. The number of carboxylic acid groups (broad SMARTS) is 1. The molecule has 0 aliphatic rings. The van der Waals surface area contributed by atoms with Gasteiger partial charge in [-0.05, 0) is 0 Å². The topological polar surface area (TPSA) is 147 Å². The Balaban J connectivity index is 2.92. The van der Waals surface area contributed by atoms with Crippen molar-refractivity contribution in [1.82, 2.24) is 4.72 Å². The second-order valence-electron chi connectivity index (χ2n) is 3.19. The lowest BCUT2D eigenvalue weighted by molar-refractivity contribution is -0.384. The van der Waals surface area contributed by atoms with Crippen molar-refractivity contribution in [3.63, 3.8) is 0 Å². The van der Waals surface area contributed by atoms with Crippen molar-refractivity contribution >= 4 is 44.6 Å². The third kappa shape index (κ3) is 3.84. The van der Waals surface area contributed by atoms with Gasteiger partial charge in [-0.15, -0.1) is 11.3 Å². The molecule has 3 N–H and O–H groups in total. The standard InChI is InChI=1S/C7H7ClN2O7S2/c8-6-3(10(14)15)1-5(18-6)19(16,17)9-2-4(11)7(12)13/h1,4,9,11H,2H2,(H,12,13). The molecule has 0 spiro atoms. The SMILES string of the molecule is O=C(O)C(O)CNS(=O)(=O)c1cc([N+](=O)[O-])c(Cl)s1. The molecule has 1 unspecified atom stereocenters. The van der Waals surface area contributed by atoms with Gasteiger partial charge in [-0.3, -0.25) is 10.1 Å². The zero-order valence-electron chi connectivity index (χ0n) is 8.94. The Morgan fingerprint density at radius 1 is 1.63 bits per heavy atom. The van der Waals surface area contributed by atoms with Crippen LogP contribution in [0.15, 0.2) is 10.3 Å². The molecule has 0 saturated heterocycles. The average Bonchev–Trinajstić information content (AvgIpc) is 2.69. The number of rotatable bonds is 6. The van der Waals surface area contributed by atoms with Gasteiger partial charge in [-0.1, -0.05) is 11.6 Å². The van der Waals surface area contributed by atoms with Crippen LogP contribution in [0.4, 0.5) is 5.69 Å². The fraction of sp³-hybridized carbons (Fsp3) is 0.286. The fourth-order valence-electron chi connectivity index (χ4n) is 0.942. The second-order valence-corrected chi connectivity index (χ2v) is 6.84. The van der Waals surface area contributed by atoms with Gasteiger partial charge < -0.3 is 10.2 Å². The Kier molecular flexibility index (Phi) is 4.81. The molecule has 19 heavy (non-hydrogen) atoms. The smallest absolute Gasteiger partial charge is 0.333 e. The minimum absolute atomic E-state index is 0.316. The molecule has 0 aromatic carbocycles. The maximum atomic E-state index is 11.7. The number of aliphatic hydroxyl groups excluding tert-OH is 1. The zero-order chi connectivity index (χ0) is 14.8. The number of carbonyl (C=O) groups is 1. The summed E-state index contributed by atoms with van der Waals surface area (Å²) in [4.78, 5) is 20.0. The van der Waals surface area contributed by atoms with E-state index >= 15 is 0 Å². The van der Waals surface area contributed by atoms with Gasteiger partial charge in [0.25, 0.3) is 5.69 Å². The molecule has 9 nitrogen and oxygen atoms in total. The molecule has 106 valence electrons. The molecule has 1 rings (SSSR count). The average molecular weight is 331 g/mol. The summed E-state index contributed by atoms with van der Waals surface area (Å²) >= 11 is 5.95. The minimum Gasteiger partial charge on any atom is -0.479 e. The first-order valence-electron chi connectivity index (χ1n) is 4.49. The Bertz CT molecular complexity index is 611. The van der Waals surface area contributed by atoms with Crippen molar-refractivity contribution < 1.29 is 28.3 Å². The summed E-state index contributed by atoms with van der Waals surface area (Å²) in [5, 5.41) is 27.8. The summed E-state index contributed by atoms with van der Waals surface area (Å²) in [7, 11) is -4.17. The number of nitro groups is 1. The Hall–Kier alpha value is -1.27. The molecule has 0 aliphatic heterocycles. The highest BCUT2D eigenvalue weighted by Crippen LogP contribution is 2.35. The van der Waals surface area contributed by atoms with E-state index in [4.69, 9.17) is 21.8 Å². The summed E-state index contributed by atoms with van der Waals surface area (Å²) in [6.07, 6.45) is -1.92. The summed E-state index contributed by atoms with van der Waals surface area (Å²) in [5.74, 6) is -1.60. The first-order valence-corrected chi connectivity index (χ1v) is 7.17. The third-order valence-corrected chi connectivity index (χ3v) is 5.09.